The maximum absolute atomic E-state index is 5.67. The van der Waals surface area contributed by atoms with E-state index < -0.39 is 0 Å². The Morgan fingerprint density at radius 2 is 1.81 bits per heavy atom. The second-order valence-electron chi connectivity index (χ2n) is 5.05. The predicted molar refractivity (Wildman–Crippen MR) is 66.3 cm³/mol. The van der Waals surface area contributed by atoms with Gasteiger partial charge in [0.2, 0.25) is 0 Å². The molecule has 3 fully saturated rings. The molecule has 86 valence electrons. The molecule has 3 aliphatic rings. The maximum atomic E-state index is 5.67. The maximum Gasteiger partial charge on any atom is 0.0314 e. The molecule has 4 rings (SSSR count). The third-order valence-corrected chi connectivity index (χ3v) is 3.69. The van der Waals surface area contributed by atoms with Crippen molar-refractivity contribution >= 4 is 5.69 Å². The van der Waals surface area contributed by atoms with E-state index in [9.17, 15) is 0 Å². The Hall–Kier alpha value is -1.06. The summed E-state index contributed by atoms with van der Waals surface area (Å²) in [4.78, 5) is 2.58. The van der Waals surface area contributed by atoms with E-state index >= 15 is 0 Å². The Bertz CT molecular complexity index is 344. The highest BCUT2D eigenvalue weighted by molar-refractivity contribution is 5.39. The molecule has 3 heteroatoms. The third kappa shape index (κ3) is 2.06. The van der Waals surface area contributed by atoms with Gasteiger partial charge in [0, 0.05) is 37.4 Å². The van der Waals surface area contributed by atoms with E-state index in [1.165, 1.54) is 31.6 Å². The van der Waals surface area contributed by atoms with Crippen LogP contribution in [0.4, 0.5) is 5.69 Å². The molecule has 2 bridgehead atoms. The van der Waals surface area contributed by atoms with Crippen LogP contribution in [-0.4, -0.2) is 36.6 Å². The van der Waals surface area contributed by atoms with Crippen molar-refractivity contribution in [2.45, 2.75) is 24.9 Å². The van der Waals surface area contributed by atoms with Gasteiger partial charge in [-0.1, -0.05) is 12.1 Å². The van der Waals surface area contributed by atoms with Gasteiger partial charge in [-0.2, -0.15) is 0 Å². The number of rotatable bonds is 3. The number of anilines is 1. The number of nitrogens with one attached hydrogen (secondary N) is 1. The number of nitrogens with two attached hydrogens (primary N) is 1. The van der Waals surface area contributed by atoms with Crippen molar-refractivity contribution in [2.75, 3.05) is 25.4 Å². The summed E-state index contributed by atoms with van der Waals surface area (Å²) in [5, 5.41) is 3.56. The fourth-order valence-electron chi connectivity index (χ4n) is 2.76. The zero-order valence-corrected chi connectivity index (χ0v) is 9.52. The lowest BCUT2D eigenvalue weighted by Gasteiger charge is -2.48. The fourth-order valence-corrected chi connectivity index (χ4v) is 2.76. The van der Waals surface area contributed by atoms with E-state index in [0.29, 0.717) is 0 Å². The van der Waals surface area contributed by atoms with Crippen molar-refractivity contribution in [1.29, 1.82) is 0 Å². The quantitative estimate of drug-likeness (QED) is 0.738. The van der Waals surface area contributed by atoms with Gasteiger partial charge in [-0.05, 0) is 30.5 Å². The van der Waals surface area contributed by atoms with E-state index in [1.54, 1.807) is 0 Å². The van der Waals surface area contributed by atoms with Crippen LogP contribution in [-0.2, 0) is 6.42 Å². The van der Waals surface area contributed by atoms with Gasteiger partial charge in [0.25, 0.3) is 0 Å². The van der Waals surface area contributed by atoms with Crippen molar-refractivity contribution < 1.29 is 0 Å². The lowest BCUT2D eigenvalue weighted by Crippen LogP contribution is -2.66. The van der Waals surface area contributed by atoms with Crippen LogP contribution in [0.3, 0.4) is 0 Å². The first-order valence-corrected chi connectivity index (χ1v) is 6.12. The van der Waals surface area contributed by atoms with E-state index in [4.69, 9.17) is 5.73 Å². The Labute approximate surface area is 96.6 Å². The number of benzene rings is 1. The molecule has 1 aromatic rings. The lowest BCUT2D eigenvalue weighted by molar-refractivity contribution is 0.0789. The molecule has 3 nitrogen and oxygen atoms in total. The van der Waals surface area contributed by atoms with Crippen LogP contribution in [0.1, 0.15) is 12.0 Å². The highest BCUT2D eigenvalue weighted by atomic mass is 15.3. The molecule has 2 atom stereocenters. The van der Waals surface area contributed by atoms with Crippen LogP contribution in [0.25, 0.3) is 0 Å². The summed E-state index contributed by atoms with van der Waals surface area (Å²) >= 11 is 0. The lowest BCUT2D eigenvalue weighted by atomic mass is 9.91. The van der Waals surface area contributed by atoms with Gasteiger partial charge in [0.15, 0.2) is 0 Å². The van der Waals surface area contributed by atoms with Gasteiger partial charge in [0.1, 0.15) is 0 Å². The van der Waals surface area contributed by atoms with E-state index in [-0.39, 0.29) is 0 Å². The van der Waals surface area contributed by atoms with Crippen molar-refractivity contribution in [2.24, 2.45) is 0 Å². The van der Waals surface area contributed by atoms with Gasteiger partial charge in [-0.15, -0.1) is 0 Å². The minimum absolute atomic E-state index is 0.769. The number of piperidine rings is 1. The SMILES string of the molecule is Nc1ccc(CCN2CC3CC(C2)N3)cc1. The molecule has 3 aliphatic heterocycles. The van der Waals surface area contributed by atoms with Crippen LogP contribution in [0.5, 0.6) is 0 Å². The zero-order valence-electron chi connectivity index (χ0n) is 9.52. The first-order chi connectivity index (χ1) is 7.79. The first kappa shape index (κ1) is 10.1. The van der Waals surface area contributed by atoms with Gasteiger partial charge < -0.3 is 11.1 Å². The molecule has 0 radical (unpaired) electrons. The van der Waals surface area contributed by atoms with Crippen molar-refractivity contribution in [3.05, 3.63) is 29.8 Å². The van der Waals surface area contributed by atoms with Gasteiger partial charge in [0.05, 0.1) is 0 Å². The Morgan fingerprint density at radius 3 is 2.44 bits per heavy atom. The second-order valence-corrected chi connectivity index (χ2v) is 5.05. The molecule has 2 unspecified atom stereocenters. The van der Waals surface area contributed by atoms with Crippen LogP contribution in [0.15, 0.2) is 24.3 Å². The molecule has 3 N–H and O–H groups in total. The summed E-state index contributed by atoms with van der Waals surface area (Å²) < 4.78 is 0. The number of piperazine rings is 1. The topological polar surface area (TPSA) is 41.3 Å². The summed E-state index contributed by atoms with van der Waals surface area (Å²) in [6.07, 6.45) is 2.53. The van der Waals surface area contributed by atoms with Gasteiger partial charge in [-0.3, -0.25) is 4.90 Å². The third-order valence-electron chi connectivity index (χ3n) is 3.69. The normalized spacial score (nSPS) is 28.8. The van der Waals surface area contributed by atoms with Gasteiger partial charge in [-0.25, -0.2) is 0 Å². The number of hydrogen-bond acceptors (Lipinski definition) is 3. The van der Waals surface area contributed by atoms with Crippen LogP contribution >= 0.6 is 0 Å². The van der Waals surface area contributed by atoms with Crippen LogP contribution < -0.4 is 11.1 Å². The monoisotopic (exact) mass is 217 g/mol. The number of hydrogen-bond donors (Lipinski definition) is 2. The average Bonchev–Trinajstić information content (AvgIpc) is 2.28. The molecule has 0 spiro atoms. The van der Waals surface area contributed by atoms with Crippen LogP contribution in [0.2, 0.25) is 0 Å². The molecule has 16 heavy (non-hydrogen) atoms. The highest BCUT2D eigenvalue weighted by Crippen LogP contribution is 2.20. The fraction of sp³-hybridized carbons (Fsp3) is 0.538. The Balaban J connectivity index is 1.51. The minimum Gasteiger partial charge on any atom is -0.399 e. The van der Waals surface area contributed by atoms with Crippen LogP contribution in [0, 0.1) is 0 Å². The molecule has 3 saturated heterocycles. The molecular weight excluding hydrogens is 198 g/mol. The summed E-state index contributed by atoms with van der Waals surface area (Å²) in [7, 11) is 0. The minimum atomic E-state index is 0.769. The smallest absolute Gasteiger partial charge is 0.0314 e. The molecular formula is C13H19N3. The predicted octanol–water partition coefficient (Wildman–Crippen LogP) is 0.857. The molecule has 0 aliphatic carbocycles. The average molecular weight is 217 g/mol. The van der Waals surface area contributed by atoms with E-state index in [2.05, 4.69) is 22.3 Å². The standard InChI is InChI=1S/C13H19N3/c14-11-3-1-10(2-4-11)5-6-16-8-12-7-13(9-16)15-12/h1-4,12-13,15H,5-9,14H2. The highest BCUT2D eigenvalue weighted by Gasteiger charge is 2.35. The van der Waals surface area contributed by atoms with Crippen molar-refractivity contribution in [3.63, 3.8) is 0 Å². The Kier molecular flexibility index (Phi) is 2.58. The zero-order chi connectivity index (χ0) is 11.0. The summed E-state index contributed by atoms with van der Waals surface area (Å²) in [6.45, 7) is 3.63. The molecule has 3 heterocycles. The summed E-state index contributed by atoms with van der Waals surface area (Å²) in [6, 6.07) is 9.79. The molecule has 0 saturated carbocycles. The van der Waals surface area contributed by atoms with E-state index in [0.717, 1.165) is 24.2 Å². The molecule has 0 amide bonds. The number of nitrogens with zero attached hydrogens (tertiary/aromatic N) is 1. The van der Waals surface area contributed by atoms with E-state index in [1.807, 2.05) is 12.1 Å². The number of nitrogen functional groups attached to an aromatic ring is 1. The Morgan fingerprint density at radius 1 is 1.19 bits per heavy atom. The first-order valence-electron chi connectivity index (χ1n) is 6.12. The van der Waals surface area contributed by atoms with Crippen molar-refractivity contribution in [1.82, 2.24) is 10.2 Å². The molecule has 0 aromatic heterocycles. The summed E-state index contributed by atoms with van der Waals surface area (Å²) in [5.41, 5.74) is 7.91. The summed E-state index contributed by atoms with van der Waals surface area (Å²) in [5.74, 6) is 0. The van der Waals surface area contributed by atoms with Crippen molar-refractivity contribution in [3.8, 4) is 0 Å². The van der Waals surface area contributed by atoms with Gasteiger partial charge >= 0.3 is 0 Å². The largest absolute Gasteiger partial charge is 0.399 e. The number of fused-ring (bicyclic) bond motifs is 2. The second kappa shape index (κ2) is 4.07. The molecule has 1 aromatic carbocycles.